The third-order valence-corrected chi connectivity index (χ3v) is 3.24. The molecule has 1 aromatic carbocycles. The Morgan fingerprint density at radius 1 is 1.35 bits per heavy atom. The van der Waals surface area contributed by atoms with Gasteiger partial charge in [0.05, 0.1) is 17.9 Å². The van der Waals surface area contributed by atoms with Gasteiger partial charge in [-0.05, 0) is 12.5 Å². The molecule has 0 unspecified atom stereocenters. The van der Waals surface area contributed by atoms with Gasteiger partial charge in [-0.25, -0.2) is 0 Å². The minimum atomic E-state index is 0.0232. The molecule has 20 heavy (non-hydrogen) atoms. The summed E-state index contributed by atoms with van der Waals surface area (Å²) < 4.78 is 1.69. The highest BCUT2D eigenvalue weighted by molar-refractivity contribution is 5.84. The number of aryl methyl sites for hydroxylation is 2. The first kappa shape index (κ1) is 14.3. The quantitative estimate of drug-likeness (QED) is 0.811. The van der Waals surface area contributed by atoms with Gasteiger partial charge in [-0.15, -0.1) is 0 Å². The lowest BCUT2D eigenvalue weighted by Gasteiger charge is -2.24. The Hall–Kier alpha value is -2.14. The lowest BCUT2D eigenvalue weighted by Crippen LogP contribution is -2.29. The lowest BCUT2D eigenvalue weighted by molar-refractivity contribution is 0.112. The van der Waals surface area contributed by atoms with Crippen LogP contribution in [0.25, 0.3) is 0 Å². The van der Waals surface area contributed by atoms with Crippen LogP contribution in [0.1, 0.15) is 21.6 Å². The van der Waals surface area contributed by atoms with E-state index in [4.69, 9.17) is 0 Å². The lowest BCUT2D eigenvalue weighted by atomic mass is 10.2. The van der Waals surface area contributed by atoms with Crippen LogP contribution in [0.5, 0.6) is 0 Å². The third-order valence-electron chi connectivity index (χ3n) is 3.24. The summed E-state index contributed by atoms with van der Waals surface area (Å²) in [6.07, 6.45) is 0.826. The van der Waals surface area contributed by atoms with Crippen molar-refractivity contribution < 1.29 is 9.90 Å². The van der Waals surface area contributed by atoms with Crippen LogP contribution in [0, 0.1) is 6.92 Å². The van der Waals surface area contributed by atoms with Gasteiger partial charge in [-0.1, -0.05) is 30.3 Å². The van der Waals surface area contributed by atoms with E-state index in [0.29, 0.717) is 24.3 Å². The number of anilines is 1. The number of hydrogen-bond acceptors (Lipinski definition) is 4. The second-order valence-electron chi connectivity index (χ2n) is 4.69. The zero-order valence-corrected chi connectivity index (χ0v) is 11.8. The molecule has 0 aliphatic rings. The standard InChI is InChI=1S/C15H19N3O2/c1-12-14(11-20)15(17(2)16-12)18(8-9-19)10-13-6-4-3-5-7-13/h3-7,11,19H,8-10H2,1-2H3. The van der Waals surface area contributed by atoms with Gasteiger partial charge in [-0.2, -0.15) is 5.10 Å². The van der Waals surface area contributed by atoms with Gasteiger partial charge < -0.3 is 10.0 Å². The molecule has 2 aromatic rings. The van der Waals surface area contributed by atoms with Gasteiger partial charge in [0, 0.05) is 20.1 Å². The fourth-order valence-corrected chi connectivity index (χ4v) is 2.36. The minimum Gasteiger partial charge on any atom is -0.395 e. The summed E-state index contributed by atoms with van der Waals surface area (Å²) in [6.45, 7) is 2.91. The first-order valence-corrected chi connectivity index (χ1v) is 6.56. The normalized spacial score (nSPS) is 10.6. The van der Waals surface area contributed by atoms with Crippen molar-refractivity contribution >= 4 is 12.1 Å². The monoisotopic (exact) mass is 273 g/mol. The van der Waals surface area contributed by atoms with Crippen molar-refractivity contribution in [1.29, 1.82) is 0 Å². The predicted molar refractivity (Wildman–Crippen MR) is 77.9 cm³/mol. The van der Waals surface area contributed by atoms with Gasteiger partial charge in [-0.3, -0.25) is 9.48 Å². The smallest absolute Gasteiger partial charge is 0.155 e. The van der Waals surface area contributed by atoms with Crippen LogP contribution in [-0.4, -0.2) is 34.3 Å². The molecule has 0 bridgehead atoms. The molecule has 0 spiro atoms. The van der Waals surface area contributed by atoms with E-state index < -0.39 is 0 Å². The Kier molecular flexibility index (Phi) is 4.53. The molecular formula is C15H19N3O2. The van der Waals surface area contributed by atoms with E-state index >= 15 is 0 Å². The number of carbonyl (C=O) groups is 1. The summed E-state index contributed by atoms with van der Waals surface area (Å²) in [5.74, 6) is 0.746. The first-order valence-electron chi connectivity index (χ1n) is 6.56. The summed E-state index contributed by atoms with van der Waals surface area (Å²) in [4.78, 5) is 13.3. The fourth-order valence-electron chi connectivity index (χ4n) is 2.36. The number of benzene rings is 1. The van der Waals surface area contributed by atoms with Gasteiger partial charge in [0.15, 0.2) is 6.29 Å². The van der Waals surface area contributed by atoms with E-state index in [2.05, 4.69) is 5.10 Å². The van der Waals surface area contributed by atoms with E-state index in [1.54, 1.807) is 4.68 Å². The summed E-state index contributed by atoms with van der Waals surface area (Å²) in [5.41, 5.74) is 2.40. The van der Waals surface area contributed by atoms with Crippen LogP contribution in [0.4, 0.5) is 5.82 Å². The largest absolute Gasteiger partial charge is 0.395 e. The number of aliphatic hydroxyl groups excluding tert-OH is 1. The molecule has 106 valence electrons. The number of nitrogens with zero attached hydrogens (tertiary/aromatic N) is 3. The second kappa shape index (κ2) is 6.34. The molecule has 1 aromatic heterocycles. The highest BCUT2D eigenvalue weighted by atomic mass is 16.3. The molecular weight excluding hydrogens is 254 g/mol. The van der Waals surface area contributed by atoms with E-state index in [1.165, 1.54) is 0 Å². The Morgan fingerprint density at radius 2 is 2.05 bits per heavy atom. The highest BCUT2D eigenvalue weighted by Crippen LogP contribution is 2.23. The van der Waals surface area contributed by atoms with Gasteiger partial charge >= 0.3 is 0 Å². The zero-order chi connectivity index (χ0) is 14.5. The molecule has 2 rings (SSSR count). The van der Waals surface area contributed by atoms with Crippen molar-refractivity contribution in [2.75, 3.05) is 18.1 Å². The van der Waals surface area contributed by atoms with E-state index in [-0.39, 0.29) is 6.61 Å². The molecule has 0 saturated carbocycles. The fraction of sp³-hybridized carbons (Fsp3) is 0.333. The average Bonchev–Trinajstić information content (AvgIpc) is 2.73. The van der Waals surface area contributed by atoms with Gasteiger partial charge in [0.2, 0.25) is 0 Å². The SMILES string of the molecule is Cc1nn(C)c(N(CCO)Cc2ccccc2)c1C=O. The molecule has 0 amide bonds. The maximum atomic E-state index is 11.3. The molecule has 1 heterocycles. The zero-order valence-electron chi connectivity index (χ0n) is 11.8. The summed E-state index contributed by atoms with van der Waals surface area (Å²) in [7, 11) is 1.81. The predicted octanol–water partition coefficient (Wildman–Crippen LogP) is 1.54. The first-order chi connectivity index (χ1) is 9.67. The highest BCUT2D eigenvalue weighted by Gasteiger charge is 2.18. The topological polar surface area (TPSA) is 58.4 Å². The van der Waals surface area contributed by atoms with E-state index in [0.717, 1.165) is 17.7 Å². The van der Waals surface area contributed by atoms with Crippen LogP contribution in [0.15, 0.2) is 30.3 Å². The molecule has 0 atom stereocenters. The van der Waals surface area contributed by atoms with E-state index in [9.17, 15) is 9.90 Å². The molecule has 0 fully saturated rings. The Bertz CT molecular complexity index is 578. The van der Waals surface area contributed by atoms with Crippen LogP contribution >= 0.6 is 0 Å². The number of hydrogen-bond donors (Lipinski definition) is 1. The summed E-state index contributed by atoms with van der Waals surface area (Å²) in [6, 6.07) is 9.95. The minimum absolute atomic E-state index is 0.0232. The van der Waals surface area contributed by atoms with Crippen molar-refractivity contribution in [2.45, 2.75) is 13.5 Å². The molecule has 5 heteroatoms. The number of aliphatic hydroxyl groups is 1. The molecule has 0 radical (unpaired) electrons. The maximum absolute atomic E-state index is 11.3. The maximum Gasteiger partial charge on any atom is 0.155 e. The second-order valence-corrected chi connectivity index (χ2v) is 4.69. The molecule has 1 N–H and O–H groups in total. The molecule has 0 saturated heterocycles. The Morgan fingerprint density at radius 3 is 2.65 bits per heavy atom. The van der Waals surface area contributed by atoms with Crippen molar-refractivity contribution in [3.05, 3.63) is 47.2 Å². The van der Waals surface area contributed by atoms with Crippen LogP contribution in [0.3, 0.4) is 0 Å². The average molecular weight is 273 g/mol. The Labute approximate surface area is 118 Å². The van der Waals surface area contributed by atoms with Crippen LogP contribution in [0.2, 0.25) is 0 Å². The van der Waals surface area contributed by atoms with Crippen molar-refractivity contribution in [3.8, 4) is 0 Å². The van der Waals surface area contributed by atoms with Crippen molar-refractivity contribution in [2.24, 2.45) is 7.05 Å². The number of carbonyl (C=O) groups excluding carboxylic acids is 1. The van der Waals surface area contributed by atoms with Crippen molar-refractivity contribution in [1.82, 2.24) is 9.78 Å². The van der Waals surface area contributed by atoms with Gasteiger partial charge in [0.1, 0.15) is 5.82 Å². The number of rotatable bonds is 6. The third kappa shape index (κ3) is 2.88. The van der Waals surface area contributed by atoms with Crippen LogP contribution < -0.4 is 4.90 Å². The van der Waals surface area contributed by atoms with Crippen LogP contribution in [-0.2, 0) is 13.6 Å². The summed E-state index contributed by atoms with van der Waals surface area (Å²) >= 11 is 0. The number of aldehydes is 1. The van der Waals surface area contributed by atoms with Crippen molar-refractivity contribution in [3.63, 3.8) is 0 Å². The molecule has 0 aliphatic carbocycles. The van der Waals surface area contributed by atoms with E-state index in [1.807, 2.05) is 49.2 Å². The molecule has 0 aliphatic heterocycles. The number of aromatic nitrogens is 2. The Balaban J connectivity index is 2.36. The molecule has 5 nitrogen and oxygen atoms in total. The van der Waals surface area contributed by atoms with Gasteiger partial charge in [0.25, 0.3) is 0 Å². The summed E-state index contributed by atoms with van der Waals surface area (Å²) in [5, 5.41) is 13.6.